The van der Waals surface area contributed by atoms with Crippen molar-refractivity contribution in [2.75, 3.05) is 12.5 Å². The summed E-state index contributed by atoms with van der Waals surface area (Å²) in [4.78, 5) is 0. The van der Waals surface area contributed by atoms with Crippen LogP contribution in [0.15, 0.2) is 22.7 Å². The van der Waals surface area contributed by atoms with Gasteiger partial charge in [-0.3, -0.25) is 0 Å². The fraction of sp³-hybridized carbons (Fsp3) is 0.100. The molecule has 0 saturated carbocycles. The van der Waals surface area contributed by atoms with E-state index in [1.54, 1.807) is 18.2 Å². The summed E-state index contributed by atoms with van der Waals surface area (Å²) in [5, 5.41) is 4.32. The molecular formula is C10H7ClN2O3. The minimum absolute atomic E-state index is 0.177. The van der Waals surface area contributed by atoms with Gasteiger partial charge in [-0.05, 0) is 12.1 Å². The summed E-state index contributed by atoms with van der Waals surface area (Å²) < 4.78 is 15.4. The zero-order valence-electron chi connectivity index (χ0n) is 8.07. The summed E-state index contributed by atoms with van der Waals surface area (Å²) in [5.74, 6) is 1.43. The third kappa shape index (κ3) is 1.29. The second-order valence-corrected chi connectivity index (χ2v) is 3.68. The van der Waals surface area contributed by atoms with Gasteiger partial charge in [0.15, 0.2) is 11.5 Å². The molecule has 0 fully saturated rings. The van der Waals surface area contributed by atoms with Gasteiger partial charge in [-0.25, -0.2) is 0 Å². The van der Waals surface area contributed by atoms with Crippen LogP contribution in [-0.2, 0) is 0 Å². The van der Waals surface area contributed by atoms with Gasteiger partial charge >= 0.3 is 0 Å². The Morgan fingerprint density at radius 2 is 2.19 bits per heavy atom. The van der Waals surface area contributed by atoms with E-state index >= 15 is 0 Å². The van der Waals surface area contributed by atoms with Crippen molar-refractivity contribution in [2.24, 2.45) is 0 Å². The van der Waals surface area contributed by atoms with Gasteiger partial charge in [0, 0.05) is 6.07 Å². The van der Waals surface area contributed by atoms with E-state index in [4.69, 9.17) is 31.3 Å². The first-order valence-electron chi connectivity index (χ1n) is 4.56. The van der Waals surface area contributed by atoms with Gasteiger partial charge in [0.05, 0.1) is 10.6 Å². The number of halogens is 1. The highest BCUT2D eigenvalue weighted by molar-refractivity contribution is 6.33. The van der Waals surface area contributed by atoms with E-state index in [2.05, 4.69) is 5.16 Å². The summed E-state index contributed by atoms with van der Waals surface area (Å²) in [6.07, 6.45) is 0. The standard InChI is InChI=1S/C10H7ClN2O3/c11-5-1-2-7-10(15-4-14-7)9(5)6-3-8(12)16-13-6/h1-3H,4,12H2. The molecule has 2 heterocycles. The lowest BCUT2D eigenvalue weighted by atomic mass is 10.1. The first kappa shape index (κ1) is 9.35. The lowest BCUT2D eigenvalue weighted by Crippen LogP contribution is -1.93. The lowest BCUT2D eigenvalue weighted by Gasteiger charge is -2.04. The predicted molar refractivity (Wildman–Crippen MR) is 57.5 cm³/mol. The Balaban J connectivity index is 2.23. The highest BCUT2D eigenvalue weighted by Crippen LogP contribution is 2.45. The summed E-state index contributed by atoms with van der Waals surface area (Å²) in [7, 11) is 0. The molecule has 0 radical (unpaired) electrons. The number of nitrogen functional groups attached to an aromatic ring is 1. The Hall–Kier alpha value is -1.88. The molecule has 3 rings (SSSR count). The third-order valence-corrected chi connectivity index (χ3v) is 2.59. The van der Waals surface area contributed by atoms with E-state index in [0.29, 0.717) is 27.8 Å². The molecule has 1 aliphatic heterocycles. The molecule has 2 N–H and O–H groups in total. The van der Waals surface area contributed by atoms with Gasteiger partial charge in [0.1, 0.15) is 5.69 Å². The number of rotatable bonds is 1. The SMILES string of the molecule is Nc1cc(-c2c(Cl)ccc3c2OCO3)no1. The Morgan fingerprint density at radius 1 is 1.31 bits per heavy atom. The van der Waals surface area contributed by atoms with Crippen molar-refractivity contribution in [2.45, 2.75) is 0 Å². The zero-order chi connectivity index (χ0) is 11.1. The maximum atomic E-state index is 6.09. The normalized spacial score (nSPS) is 13.1. The largest absolute Gasteiger partial charge is 0.454 e. The lowest BCUT2D eigenvalue weighted by molar-refractivity contribution is 0.174. The molecule has 82 valence electrons. The average Bonchev–Trinajstić information content (AvgIpc) is 2.86. The summed E-state index contributed by atoms with van der Waals surface area (Å²) in [5.41, 5.74) is 6.64. The third-order valence-electron chi connectivity index (χ3n) is 2.27. The molecule has 0 amide bonds. The molecule has 0 saturated heterocycles. The van der Waals surface area contributed by atoms with Crippen molar-refractivity contribution < 1.29 is 14.0 Å². The van der Waals surface area contributed by atoms with Crippen LogP contribution >= 0.6 is 11.6 Å². The number of ether oxygens (including phenoxy) is 2. The van der Waals surface area contributed by atoms with Crippen LogP contribution in [0.5, 0.6) is 11.5 Å². The first-order valence-corrected chi connectivity index (χ1v) is 4.94. The van der Waals surface area contributed by atoms with Crippen molar-refractivity contribution in [1.82, 2.24) is 5.16 Å². The quantitative estimate of drug-likeness (QED) is 0.826. The smallest absolute Gasteiger partial charge is 0.231 e. The monoisotopic (exact) mass is 238 g/mol. The van der Waals surface area contributed by atoms with Crippen LogP contribution in [0.1, 0.15) is 0 Å². The van der Waals surface area contributed by atoms with Gasteiger partial charge in [0.2, 0.25) is 12.7 Å². The number of benzene rings is 1. The van der Waals surface area contributed by atoms with E-state index in [1.807, 2.05) is 0 Å². The molecule has 1 aromatic heterocycles. The van der Waals surface area contributed by atoms with E-state index < -0.39 is 0 Å². The van der Waals surface area contributed by atoms with E-state index in [-0.39, 0.29) is 12.7 Å². The summed E-state index contributed by atoms with van der Waals surface area (Å²) in [6, 6.07) is 5.05. The van der Waals surface area contributed by atoms with Crippen molar-refractivity contribution in [3.05, 3.63) is 23.2 Å². The minimum atomic E-state index is 0.177. The van der Waals surface area contributed by atoms with E-state index in [0.717, 1.165) is 0 Å². The number of nitrogens with two attached hydrogens (primary N) is 1. The minimum Gasteiger partial charge on any atom is -0.454 e. The fourth-order valence-corrected chi connectivity index (χ4v) is 1.84. The molecule has 0 aliphatic carbocycles. The van der Waals surface area contributed by atoms with E-state index in [9.17, 15) is 0 Å². The number of anilines is 1. The van der Waals surface area contributed by atoms with Crippen molar-refractivity contribution in [3.8, 4) is 22.8 Å². The molecule has 2 aromatic rings. The topological polar surface area (TPSA) is 70.5 Å². The molecule has 5 nitrogen and oxygen atoms in total. The van der Waals surface area contributed by atoms with Crippen LogP contribution in [0.4, 0.5) is 5.88 Å². The van der Waals surface area contributed by atoms with Crippen molar-refractivity contribution in [1.29, 1.82) is 0 Å². The molecular weight excluding hydrogens is 232 g/mol. The second-order valence-electron chi connectivity index (χ2n) is 3.27. The fourth-order valence-electron chi connectivity index (χ4n) is 1.59. The number of fused-ring (bicyclic) bond motifs is 1. The molecule has 0 unspecified atom stereocenters. The first-order chi connectivity index (χ1) is 7.75. The zero-order valence-corrected chi connectivity index (χ0v) is 8.82. The average molecular weight is 239 g/mol. The van der Waals surface area contributed by atoms with E-state index in [1.165, 1.54) is 0 Å². The van der Waals surface area contributed by atoms with Gasteiger partial charge < -0.3 is 19.7 Å². The molecule has 0 atom stereocenters. The number of hydrogen-bond acceptors (Lipinski definition) is 5. The van der Waals surface area contributed by atoms with Crippen LogP contribution in [-0.4, -0.2) is 11.9 Å². The molecule has 6 heteroatoms. The predicted octanol–water partition coefficient (Wildman–Crippen LogP) is 2.31. The van der Waals surface area contributed by atoms with Gasteiger partial charge in [0.25, 0.3) is 0 Å². The molecule has 0 spiro atoms. The van der Waals surface area contributed by atoms with Crippen molar-refractivity contribution in [3.63, 3.8) is 0 Å². The summed E-state index contributed by atoms with van der Waals surface area (Å²) in [6.45, 7) is 0.177. The van der Waals surface area contributed by atoms with Gasteiger partial charge in [-0.15, -0.1) is 0 Å². The van der Waals surface area contributed by atoms with Gasteiger partial charge in [-0.1, -0.05) is 16.8 Å². The Kier molecular flexibility index (Phi) is 1.94. The highest BCUT2D eigenvalue weighted by Gasteiger charge is 2.23. The molecule has 1 aliphatic rings. The Morgan fingerprint density at radius 3 is 2.94 bits per heavy atom. The van der Waals surface area contributed by atoms with Crippen molar-refractivity contribution >= 4 is 17.5 Å². The number of hydrogen-bond donors (Lipinski definition) is 1. The second kappa shape index (κ2) is 3.31. The Labute approximate surface area is 95.7 Å². The van der Waals surface area contributed by atoms with Crippen LogP contribution in [0.3, 0.4) is 0 Å². The van der Waals surface area contributed by atoms with Crippen LogP contribution in [0, 0.1) is 0 Å². The molecule has 0 bridgehead atoms. The summed E-state index contributed by atoms with van der Waals surface area (Å²) >= 11 is 6.09. The maximum Gasteiger partial charge on any atom is 0.231 e. The number of aromatic nitrogens is 1. The highest BCUT2D eigenvalue weighted by atomic mass is 35.5. The van der Waals surface area contributed by atoms with Crippen LogP contribution in [0.2, 0.25) is 5.02 Å². The Bertz CT molecular complexity index is 553. The number of nitrogens with zero attached hydrogens (tertiary/aromatic N) is 1. The maximum absolute atomic E-state index is 6.09. The molecule has 1 aromatic carbocycles. The molecule has 16 heavy (non-hydrogen) atoms. The van der Waals surface area contributed by atoms with Gasteiger partial charge in [-0.2, -0.15) is 0 Å². The van der Waals surface area contributed by atoms with Crippen LogP contribution < -0.4 is 15.2 Å². The van der Waals surface area contributed by atoms with Crippen LogP contribution in [0.25, 0.3) is 11.3 Å².